The van der Waals surface area contributed by atoms with Crippen LogP contribution in [-0.4, -0.2) is 74.2 Å². The van der Waals surface area contributed by atoms with Crippen LogP contribution in [0.15, 0.2) is 0 Å². The van der Waals surface area contributed by atoms with Crippen molar-refractivity contribution in [3.05, 3.63) is 0 Å². The van der Waals surface area contributed by atoms with Gasteiger partial charge in [-0.15, -0.1) is 0 Å². The van der Waals surface area contributed by atoms with Gasteiger partial charge in [-0.1, -0.05) is 0 Å². The van der Waals surface area contributed by atoms with E-state index in [9.17, 15) is 4.79 Å². The molecule has 2 fully saturated rings. The van der Waals surface area contributed by atoms with Gasteiger partial charge in [-0.25, -0.2) is 0 Å². The summed E-state index contributed by atoms with van der Waals surface area (Å²) in [5.74, 6) is 0.247. The second-order valence-electron chi connectivity index (χ2n) is 4.52. The van der Waals surface area contributed by atoms with E-state index in [1.54, 1.807) is 0 Å². The van der Waals surface area contributed by atoms with Crippen LogP contribution in [-0.2, 0) is 9.53 Å². The number of morpholine rings is 1. The number of ether oxygens (including phenoxy) is 1. The van der Waals surface area contributed by atoms with E-state index in [-0.39, 0.29) is 5.91 Å². The van der Waals surface area contributed by atoms with Crippen molar-refractivity contribution < 1.29 is 9.53 Å². The lowest BCUT2D eigenvalue weighted by atomic mass is 10.2. The topological polar surface area (TPSA) is 44.8 Å². The maximum Gasteiger partial charge on any atom is 0.236 e. The van der Waals surface area contributed by atoms with E-state index < -0.39 is 0 Å². The Kier molecular flexibility index (Phi) is 4.15. The largest absolute Gasteiger partial charge is 0.378 e. The average molecular weight is 227 g/mol. The molecule has 5 heteroatoms. The van der Waals surface area contributed by atoms with Crippen molar-refractivity contribution in [3.63, 3.8) is 0 Å². The molecule has 1 atom stereocenters. The van der Waals surface area contributed by atoms with Crippen LogP contribution in [0, 0.1) is 0 Å². The Morgan fingerprint density at radius 1 is 1.38 bits per heavy atom. The third kappa shape index (κ3) is 2.93. The molecule has 0 aliphatic carbocycles. The number of rotatable bonds is 2. The van der Waals surface area contributed by atoms with Gasteiger partial charge in [-0.05, 0) is 6.92 Å². The highest BCUT2D eigenvalue weighted by atomic mass is 16.5. The number of piperazine rings is 1. The second kappa shape index (κ2) is 5.61. The van der Waals surface area contributed by atoms with Gasteiger partial charge in [-0.2, -0.15) is 0 Å². The summed E-state index contributed by atoms with van der Waals surface area (Å²) in [5.41, 5.74) is 0. The maximum atomic E-state index is 12.0. The highest BCUT2D eigenvalue weighted by Crippen LogP contribution is 2.04. The molecule has 0 bridgehead atoms. The van der Waals surface area contributed by atoms with E-state index in [4.69, 9.17) is 4.74 Å². The van der Waals surface area contributed by atoms with Gasteiger partial charge in [0, 0.05) is 38.8 Å². The van der Waals surface area contributed by atoms with Gasteiger partial charge in [0.15, 0.2) is 0 Å². The minimum absolute atomic E-state index is 0.247. The summed E-state index contributed by atoms with van der Waals surface area (Å²) in [6, 6.07) is 0.457. The van der Waals surface area contributed by atoms with Gasteiger partial charge in [0.25, 0.3) is 0 Å². The molecule has 1 N–H and O–H groups in total. The Morgan fingerprint density at radius 3 is 2.81 bits per heavy atom. The average Bonchev–Trinajstić information content (AvgIpc) is 2.33. The molecular weight excluding hydrogens is 206 g/mol. The summed E-state index contributed by atoms with van der Waals surface area (Å²) in [7, 11) is 0. The highest BCUT2D eigenvalue weighted by molar-refractivity contribution is 5.78. The number of nitrogens with one attached hydrogen (secondary N) is 1. The Morgan fingerprint density at radius 2 is 2.12 bits per heavy atom. The Labute approximate surface area is 96.7 Å². The first-order valence-corrected chi connectivity index (χ1v) is 6.07. The fraction of sp³-hybridized carbons (Fsp3) is 0.909. The fourth-order valence-electron chi connectivity index (χ4n) is 2.20. The first-order chi connectivity index (χ1) is 7.77. The molecule has 0 aromatic rings. The first kappa shape index (κ1) is 11.8. The van der Waals surface area contributed by atoms with Crippen LogP contribution < -0.4 is 5.32 Å². The van der Waals surface area contributed by atoms with Crippen LogP contribution >= 0.6 is 0 Å². The third-order valence-electron chi connectivity index (χ3n) is 3.34. The van der Waals surface area contributed by atoms with Crippen LogP contribution in [0.2, 0.25) is 0 Å². The summed E-state index contributed by atoms with van der Waals surface area (Å²) in [6.07, 6.45) is 0. The van der Waals surface area contributed by atoms with E-state index in [1.807, 2.05) is 4.90 Å². The van der Waals surface area contributed by atoms with Gasteiger partial charge in [0.1, 0.15) is 0 Å². The molecule has 5 nitrogen and oxygen atoms in total. The van der Waals surface area contributed by atoms with E-state index in [0.29, 0.717) is 25.8 Å². The third-order valence-corrected chi connectivity index (χ3v) is 3.34. The van der Waals surface area contributed by atoms with Crippen molar-refractivity contribution in [2.24, 2.45) is 0 Å². The van der Waals surface area contributed by atoms with Gasteiger partial charge in [0.05, 0.1) is 19.8 Å². The first-order valence-electron chi connectivity index (χ1n) is 6.07. The smallest absolute Gasteiger partial charge is 0.236 e. The lowest BCUT2D eigenvalue weighted by Gasteiger charge is -2.35. The Bertz CT molecular complexity index is 241. The van der Waals surface area contributed by atoms with E-state index >= 15 is 0 Å². The monoisotopic (exact) mass is 227 g/mol. The predicted molar refractivity (Wildman–Crippen MR) is 61.3 cm³/mol. The molecule has 0 spiro atoms. The molecule has 2 saturated heterocycles. The molecule has 0 aromatic heterocycles. The Hall–Kier alpha value is -0.650. The number of hydrogen-bond acceptors (Lipinski definition) is 4. The molecule has 2 aliphatic rings. The summed E-state index contributed by atoms with van der Waals surface area (Å²) in [6.45, 7) is 8.53. The molecule has 2 rings (SSSR count). The normalized spacial score (nSPS) is 28.1. The number of amides is 1. The summed E-state index contributed by atoms with van der Waals surface area (Å²) in [5, 5.41) is 3.33. The van der Waals surface area contributed by atoms with Crippen LogP contribution in [0.5, 0.6) is 0 Å². The minimum Gasteiger partial charge on any atom is -0.378 e. The molecular formula is C11H21N3O2. The second-order valence-corrected chi connectivity index (χ2v) is 4.52. The van der Waals surface area contributed by atoms with Crippen molar-refractivity contribution in [1.29, 1.82) is 0 Å². The molecule has 1 amide bonds. The molecule has 0 saturated carbocycles. The number of nitrogens with zero attached hydrogens (tertiary/aromatic N) is 2. The standard InChI is InChI=1S/C11H21N3O2/c1-10-8-12-2-3-14(10)9-11(15)13-4-6-16-7-5-13/h10,12H,2-9H2,1H3/t10-/m0/s1. The number of carbonyl (C=O) groups is 1. The highest BCUT2D eigenvalue weighted by Gasteiger charge is 2.23. The van der Waals surface area contributed by atoms with Gasteiger partial charge in [-0.3, -0.25) is 9.69 Å². The zero-order valence-corrected chi connectivity index (χ0v) is 9.95. The van der Waals surface area contributed by atoms with E-state index in [0.717, 1.165) is 32.7 Å². The summed E-state index contributed by atoms with van der Waals surface area (Å²) >= 11 is 0. The van der Waals surface area contributed by atoms with Crippen LogP contribution in [0.25, 0.3) is 0 Å². The van der Waals surface area contributed by atoms with Crippen molar-refractivity contribution in [2.75, 3.05) is 52.5 Å². The van der Waals surface area contributed by atoms with Gasteiger partial charge in [0.2, 0.25) is 5.91 Å². The van der Waals surface area contributed by atoms with Crippen molar-refractivity contribution in [1.82, 2.24) is 15.1 Å². The predicted octanol–water partition coefficient (Wildman–Crippen LogP) is -0.861. The molecule has 2 heterocycles. The number of carbonyl (C=O) groups excluding carboxylic acids is 1. The van der Waals surface area contributed by atoms with Gasteiger partial charge < -0.3 is 15.0 Å². The molecule has 2 aliphatic heterocycles. The van der Waals surface area contributed by atoms with E-state index in [2.05, 4.69) is 17.1 Å². The zero-order chi connectivity index (χ0) is 11.4. The molecule has 0 unspecified atom stereocenters. The van der Waals surface area contributed by atoms with Crippen molar-refractivity contribution >= 4 is 5.91 Å². The SMILES string of the molecule is C[C@H]1CNCCN1CC(=O)N1CCOCC1. The molecule has 16 heavy (non-hydrogen) atoms. The maximum absolute atomic E-state index is 12.0. The van der Waals surface area contributed by atoms with Crippen molar-refractivity contribution in [2.45, 2.75) is 13.0 Å². The van der Waals surface area contributed by atoms with Crippen LogP contribution in [0.3, 0.4) is 0 Å². The van der Waals surface area contributed by atoms with Crippen LogP contribution in [0.1, 0.15) is 6.92 Å². The molecule has 0 aromatic carbocycles. The summed E-state index contributed by atoms with van der Waals surface area (Å²) in [4.78, 5) is 16.2. The van der Waals surface area contributed by atoms with E-state index in [1.165, 1.54) is 0 Å². The molecule has 0 radical (unpaired) electrons. The van der Waals surface area contributed by atoms with Crippen LogP contribution in [0.4, 0.5) is 0 Å². The minimum atomic E-state index is 0.247. The van der Waals surface area contributed by atoms with Gasteiger partial charge >= 0.3 is 0 Å². The lowest BCUT2D eigenvalue weighted by Crippen LogP contribution is -2.54. The summed E-state index contributed by atoms with van der Waals surface area (Å²) < 4.78 is 5.24. The lowest BCUT2D eigenvalue weighted by molar-refractivity contribution is -0.137. The fourth-order valence-corrected chi connectivity index (χ4v) is 2.20. The zero-order valence-electron chi connectivity index (χ0n) is 9.95. The molecule has 92 valence electrons. The quantitative estimate of drug-likeness (QED) is 0.667. The number of hydrogen-bond donors (Lipinski definition) is 1. The Balaban J connectivity index is 1.80. The van der Waals surface area contributed by atoms with Crippen molar-refractivity contribution in [3.8, 4) is 0 Å².